The number of pyridine rings is 1. The summed E-state index contributed by atoms with van der Waals surface area (Å²) in [4.78, 5) is 25.8. The summed E-state index contributed by atoms with van der Waals surface area (Å²) < 4.78 is 5.41. The summed E-state index contributed by atoms with van der Waals surface area (Å²) in [6.45, 7) is 4.15. The van der Waals surface area contributed by atoms with Gasteiger partial charge in [0.15, 0.2) is 0 Å². The van der Waals surface area contributed by atoms with E-state index in [-0.39, 0.29) is 11.7 Å². The molecule has 2 saturated heterocycles. The number of carbonyl (C=O) groups is 1. The Kier molecular flexibility index (Phi) is 6.69. The monoisotopic (exact) mass is 415 g/mol. The van der Waals surface area contributed by atoms with E-state index < -0.39 is 0 Å². The summed E-state index contributed by atoms with van der Waals surface area (Å²) in [6, 6.07) is 1.86. The molecule has 0 bridgehead atoms. The second kappa shape index (κ2) is 9.61. The van der Waals surface area contributed by atoms with Gasteiger partial charge in [0, 0.05) is 56.1 Å². The van der Waals surface area contributed by atoms with E-state index in [2.05, 4.69) is 25.6 Å². The fourth-order valence-electron chi connectivity index (χ4n) is 3.81. The number of nitrogens with one attached hydrogen (secondary N) is 2. The first kappa shape index (κ1) is 20.2. The number of hydrogen-bond donors (Lipinski definition) is 2. The first-order valence-electron chi connectivity index (χ1n) is 10.2. The lowest BCUT2D eigenvalue weighted by Crippen LogP contribution is -2.23. The molecule has 4 heterocycles. The van der Waals surface area contributed by atoms with Crippen LogP contribution in [0.4, 0.5) is 5.82 Å². The molecule has 0 unspecified atom stereocenters. The number of ether oxygens (including phenoxy) is 1. The summed E-state index contributed by atoms with van der Waals surface area (Å²) in [5, 5.41) is 7.11. The lowest BCUT2D eigenvalue weighted by molar-refractivity contribution is -0.121. The van der Waals surface area contributed by atoms with Crippen molar-refractivity contribution in [3.8, 4) is 11.3 Å². The minimum absolute atomic E-state index is 0.0773. The molecule has 0 amide bonds. The van der Waals surface area contributed by atoms with E-state index in [9.17, 15) is 4.79 Å². The van der Waals surface area contributed by atoms with Crippen LogP contribution in [-0.4, -0.2) is 53.6 Å². The Labute approximate surface area is 175 Å². The summed E-state index contributed by atoms with van der Waals surface area (Å²) in [6.07, 6.45) is 8.32. The van der Waals surface area contributed by atoms with E-state index in [1.807, 2.05) is 6.07 Å². The summed E-state index contributed by atoms with van der Waals surface area (Å²) in [7, 11) is 0. The van der Waals surface area contributed by atoms with Gasteiger partial charge < -0.3 is 15.4 Å². The van der Waals surface area contributed by atoms with Gasteiger partial charge in [0.1, 0.15) is 11.6 Å². The van der Waals surface area contributed by atoms with Gasteiger partial charge in [-0.1, -0.05) is 11.6 Å². The molecule has 1 atom stereocenters. The molecule has 0 aliphatic carbocycles. The zero-order valence-corrected chi connectivity index (χ0v) is 17.1. The average Bonchev–Trinajstić information content (AvgIpc) is 3.30. The molecule has 7 nitrogen and oxygen atoms in total. The number of anilines is 1. The number of nitrogens with zero attached hydrogens (tertiary/aromatic N) is 3. The Morgan fingerprint density at radius 1 is 1.24 bits per heavy atom. The Bertz CT molecular complexity index is 851. The van der Waals surface area contributed by atoms with Crippen molar-refractivity contribution in [2.24, 2.45) is 11.8 Å². The number of Topliss-reactive ketones (excluding diaryl/α,β-unsaturated/α-hetero) is 1. The third-order valence-electron chi connectivity index (χ3n) is 5.61. The van der Waals surface area contributed by atoms with E-state index in [1.165, 1.54) is 0 Å². The number of halogens is 1. The van der Waals surface area contributed by atoms with Crippen LogP contribution in [0, 0.1) is 11.8 Å². The molecule has 8 heteroatoms. The van der Waals surface area contributed by atoms with Gasteiger partial charge in [0.05, 0.1) is 23.1 Å². The third-order valence-corrected chi connectivity index (χ3v) is 5.91. The van der Waals surface area contributed by atoms with Crippen LogP contribution in [0.2, 0.25) is 5.02 Å². The minimum Gasteiger partial charge on any atom is -0.381 e. The van der Waals surface area contributed by atoms with Gasteiger partial charge in [-0.2, -0.15) is 0 Å². The van der Waals surface area contributed by atoms with Crippen molar-refractivity contribution in [2.45, 2.75) is 25.7 Å². The highest BCUT2D eigenvalue weighted by Gasteiger charge is 2.23. The molecule has 2 aromatic rings. The minimum atomic E-state index is 0.0773. The standard InChI is InChI=1S/C21H26ClN5O2/c22-18-11-25-16(8-20(28)15-1-4-23-10-15)7-17(18)19-12-24-13-21(27-19)26-9-14-2-5-29-6-3-14/h7,11-15,23H,1-6,8-10H2,(H,26,27)/t15-/m1/s1. The van der Waals surface area contributed by atoms with E-state index >= 15 is 0 Å². The molecule has 2 aromatic heterocycles. The van der Waals surface area contributed by atoms with Crippen molar-refractivity contribution in [2.75, 3.05) is 38.2 Å². The second-order valence-corrected chi connectivity index (χ2v) is 8.12. The van der Waals surface area contributed by atoms with Crippen LogP contribution in [0.1, 0.15) is 25.0 Å². The molecule has 0 saturated carbocycles. The number of ketones is 1. The highest BCUT2D eigenvalue weighted by atomic mass is 35.5. The number of carbonyl (C=O) groups excluding carboxylic acids is 1. The first-order chi connectivity index (χ1) is 14.2. The molecule has 2 fully saturated rings. The Hall–Kier alpha value is -2.09. The summed E-state index contributed by atoms with van der Waals surface area (Å²) in [5.41, 5.74) is 2.13. The van der Waals surface area contributed by atoms with Gasteiger partial charge in [0.25, 0.3) is 0 Å². The van der Waals surface area contributed by atoms with Crippen LogP contribution in [0.3, 0.4) is 0 Å². The fraction of sp³-hybridized carbons (Fsp3) is 0.524. The van der Waals surface area contributed by atoms with E-state index in [0.29, 0.717) is 28.7 Å². The smallest absolute Gasteiger partial charge is 0.145 e. The Morgan fingerprint density at radius 2 is 2.10 bits per heavy atom. The highest BCUT2D eigenvalue weighted by molar-refractivity contribution is 6.33. The molecule has 0 radical (unpaired) electrons. The lowest BCUT2D eigenvalue weighted by atomic mass is 9.98. The molecule has 2 aliphatic heterocycles. The molecular weight excluding hydrogens is 390 g/mol. The Morgan fingerprint density at radius 3 is 2.90 bits per heavy atom. The number of rotatable bonds is 7. The molecule has 0 spiro atoms. The Balaban J connectivity index is 1.46. The molecule has 29 heavy (non-hydrogen) atoms. The summed E-state index contributed by atoms with van der Waals surface area (Å²) in [5.74, 6) is 1.60. The normalized spacial score (nSPS) is 20.0. The summed E-state index contributed by atoms with van der Waals surface area (Å²) >= 11 is 6.39. The molecule has 0 aromatic carbocycles. The average molecular weight is 416 g/mol. The maximum atomic E-state index is 12.5. The van der Waals surface area contributed by atoms with Crippen molar-refractivity contribution in [1.29, 1.82) is 0 Å². The predicted octanol–water partition coefficient (Wildman–Crippen LogP) is 2.75. The lowest BCUT2D eigenvalue weighted by Gasteiger charge is -2.22. The van der Waals surface area contributed by atoms with Gasteiger partial charge in [-0.3, -0.25) is 14.8 Å². The van der Waals surface area contributed by atoms with Gasteiger partial charge in [0.2, 0.25) is 0 Å². The second-order valence-electron chi connectivity index (χ2n) is 7.71. The van der Waals surface area contributed by atoms with Crippen LogP contribution in [0.15, 0.2) is 24.7 Å². The van der Waals surface area contributed by atoms with Crippen LogP contribution >= 0.6 is 11.6 Å². The van der Waals surface area contributed by atoms with Crippen molar-refractivity contribution in [3.63, 3.8) is 0 Å². The maximum Gasteiger partial charge on any atom is 0.145 e. The van der Waals surface area contributed by atoms with Gasteiger partial charge in [-0.15, -0.1) is 0 Å². The fourth-order valence-corrected chi connectivity index (χ4v) is 4.01. The van der Waals surface area contributed by atoms with Crippen LogP contribution in [0.25, 0.3) is 11.3 Å². The topological polar surface area (TPSA) is 89.0 Å². The van der Waals surface area contributed by atoms with E-state index in [4.69, 9.17) is 16.3 Å². The van der Waals surface area contributed by atoms with Crippen LogP contribution < -0.4 is 10.6 Å². The van der Waals surface area contributed by atoms with Crippen molar-refractivity contribution in [1.82, 2.24) is 20.3 Å². The molecule has 154 valence electrons. The van der Waals surface area contributed by atoms with Crippen LogP contribution in [-0.2, 0) is 16.0 Å². The van der Waals surface area contributed by atoms with E-state index in [1.54, 1.807) is 18.6 Å². The quantitative estimate of drug-likeness (QED) is 0.718. The van der Waals surface area contributed by atoms with Crippen molar-refractivity contribution in [3.05, 3.63) is 35.4 Å². The molecule has 2 N–H and O–H groups in total. The number of aromatic nitrogens is 3. The highest BCUT2D eigenvalue weighted by Crippen LogP contribution is 2.27. The van der Waals surface area contributed by atoms with Gasteiger partial charge >= 0.3 is 0 Å². The largest absolute Gasteiger partial charge is 0.381 e. The molecule has 4 rings (SSSR count). The van der Waals surface area contributed by atoms with Crippen molar-refractivity contribution < 1.29 is 9.53 Å². The molecular formula is C21H26ClN5O2. The van der Waals surface area contributed by atoms with Crippen LogP contribution in [0.5, 0.6) is 0 Å². The van der Waals surface area contributed by atoms with Gasteiger partial charge in [-0.05, 0) is 37.8 Å². The van der Waals surface area contributed by atoms with E-state index in [0.717, 1.165) is 63.5 Å². The zero-order valence-electron chi connectivity index (χ0n) is 16.4. The van der Waals surface area contributed by atoms with Gasteiger partial charge in [-0.25, -0.2) is 4.98 Å². The maximum absolute atomic E-state index is 12.5. The molecule has 2 aliphatic rings. The SMILES string of the molecule is O=C(Cc1cc(-c2cncc(NCC3CCOCC3)n2)c(Cl)cn1)[C@@H]1CCNC1. The predicted molar refractivity (Wildman–Crippen MR) is 112 cm³/mol. The van der Waals surface area contributed by atoms with Crippen molar-refractivity contribution >= 4 is 23.2 Å². The first-order valence-corrected chi connectivity index (χ1v) is 10.6. The zero-order chi connectivity index (χ0) is 20.1. The number of hydrogen-bond acceptors (Lipinski definition) is 7. The third kappa shape index (κ3) is 5.29.